The molecule has 0 fully saturated rings. The summed E-state index contributed by atoms with van der Waals surface area (Å²) in [6, 6.07) is 3.75. The highest BCUT2D eigenvalue weighted by Gasteiger charge is 2.09. The summed E-state index contributed by atoms with van der Waals surface area (Å²) in [4.78, 5) is 10.6. The zero-order valence-corrected chi connectivity index (χ0v) is 10.2. The molecule has 1 rings (SSSR count). The third-order valence-electron chi connectivity index (χ3n) is 2.23. The molecule has 0 saturated carbocycles. The molecule has 0 heterocycles. The molecule has 0 bridgehead atoms. The van der Waals surface area contributed by atoms with Crippen LogP contribution in [0.3, 0.4) is 0 Å². The lowest BCUT2D eigenvalue weighted by Crippen LogP contribution is -2.09. The van der Waals surface area contributed by atoms with Gasteiger partial charge in [-0.25, -0.2) is 0 Å². The molecule has 1 aromatic rings. The van der Waals surface area contributed by atoms with Crippen molar-refractivity contribution in [2.45, 2.75) is 40.2 Å². The number of carbonyl (C=O) groups is 1. The van der Waals surface area contributed by atoms with E-state index in [9.17, 15) is 4.79 Å². The Labute approximate surface area is 96.1 Å². The zero-order valence-electron chi connectivity index (χ0n) is 10.2. The van der Waals surface area contributed by atoms with Crippen molar-refractivity contribution in [1.82, 2.24) is 0 Å². The summed E-state index contributed by atoms with van der Waals surface area (Å²) in [5.74, 6) is 0.0560. The van der Waals surface area contributed by atoms with Crippen molar-refractivity contribution >= 4 is 5.97 Å². The second-order valence-electron chi connectivity index (χ2n) is 4.30. The predicted octanol–water partition coefficient (Wildman–Crippen LogP) is 2.72. The normalized spacial score (nSPS) is 10.6. The molecule has 0 aromatic heterocycles. The quantitative estimate of drug-likeness (QED) is 0.852. The molecule has 0 radical (unpaired) electrons. The first kappa shape index (κ1) is 12.6. The summed E-state index contributed by atoms with van der Waals surface area (Å²) in [6.45, 7) is 7.83. The minimum atomic E-state index is -0.809. The highest BCUT2D eigenvalue weighted by atomic mass is 16.5. The van der Waals surface area contributed by atoms with E-state index in [2.05, 4.69) is 0 Å². The van der Waals surface area contributed by atoms with Gasteiger partial charge >= 0.3 is 5.97 Å². The number of benzene rings is 1. The Morgan fingerprint density at radius 1 is 1.31 bits per heavy atom. The Balaban J connectivity index is 3.02. The third kappa shape index (κ3) is 3.26. The lowest BCUT2D eigenvalue weighted by Gasteiger charge is -2.16. The lowest BCUT2D eigenvalue weighted by molar-refractivity contribution is -0.136. The van der Waals surface area contributed by atoms with Crippen LogP contribution in [0.25, 0.3) is 0 Å². The van der Waals surface area contributed by atoms with Crippen LogP contribution in [0.1, 0.15) is 30.5 Å². The monoisotopic (exact) mass is 222 g/mol. The Kier molecular flexibility index (Phi) is 3.93. The number of rotatable bonds is 4. The Morgan fingerprint density at radius 2 is 1.81 bits per heavy atom. The van der Waals surface area contributed by atoms with Crippen LogP contribution >= 0.6 is 0 Å². The Morgan fingerprint density at radius 3 is 2.19 bits per heavy atom. The Bertz CT molecular complexity index is 371. The maximum atomic E-state index is 10.6. The molecule has 0 aliphatic heterocycles. The van der Waals surface area contributed by atoms with Gasteiger partial charge in [0, 0.05) is 0 Å². The average molecular weight is 222 g/mol. The third-order valence-corrected chi connectivity index (χ3v) is 2.23. The molecular weight excluding hydrogens is 204 g/mol. The summed E-state index contributed by atoms with van der Waals surface area (Å²) >= 11 is 0. The van der Waals surface area contributed by atoms with E-state index in [0.717, 1.165) is 22.4 Å². The maximum absolute atomic E-state index is 10.6. The van der Waals surface area contributed by atoms with Crippen LogP contribution in [0.2, 0.25) is 0 Å². The summed E-state index contributed by atoms with van der Waals surface area (Å²) < 4.78 is 5.69. The summed E-state index contributed by atoms with van der Waals surface area (Å²) in [5, 5.41) is 8.73. The summed E-state index contributed by atoms with van der Waals surface area (Å²) in [7, 11) is 0. The van der Waals surface area contributed by atoms with Crippen LogP contribution in [-0.4, -0.2) is 17.2 Å². The summed E-state index contributed by atoms with van der Waals surface area (Å²) in [5.41, 5.74) is 2.80. The highest BCUT2D eigenvalue weighted by molar-refractivity contribution is 5.70. The fraction of sp³-hybridized carbons (Fsp3) is 0.462. The van der Waals surface area contributed by atoms with Gasteiger partial charge in [-0.15, -0.1) is 0 Å². The number of aliphatic carboxylic acids is 1. The zero-order chi connectivity index (χ0) is 12.3. The maximum Gasteiger partial charge on any atom is 0.307 e. The molecule has 1 N–H and O–H groups in total. The molecule has 88 valence electrons. The van der Waals surface area contributed by atoms with Gasteiger partial charge in [0.05, 0.1) is 12.5 Å². The topological polar surface area (TPSA) is 46.5 Å². The van der Waals surface area contributed by atoms with Gasteiger partial charge in [-0.2, -0.15) is 0 Å². The van der Waals surface area contributed by atoms with Crippen molar-refractivity contribution in [3.63, 3.8) is 0 Å². The van der Waals surface area contributed by atoms with E-state index in [1.165, 1.54) is 0 Å². The first-order valence-corrected chi connectivity index (χ1v) is 5.38. The molecule has 0 atom stereocenters. The van der Waals surface area contributed by atoms with Gasteiger partial charge in [-0.05, 0) is 44.4 Å². The number of hydrogen-bond donors (Lipinski definition) is 1. The van der Waals surface area contributed by atoms with E-state index >= 15 is 0 Å². The van der Waals surface area contributed by atoms with Crippen LogP contribution < -0.4 is 4.74 Å². The largest absolute Gasteiger partial charge is 0.490 e. The summed E-state index contributed by atoms with van der Waals surface area (Å²) in [6.07, 6.45) is 0.187. The fourth-order valence-electron chi connectivity index (χ4n) is 1.74. The molecule has 0 aliphatic carbocycles. The van der Waals surface area contributed by atoms with Gasteiger partial charge in [-0.1, -0.05) is 12.1 Å². The van der Waals surface area contributed by atoms with Gasteiger partial charge in [0.2, 0.25) is 0 Å². The Hall–Kier alpha value is -1.51. The SMILES string of the molecule is Cc1cc(CC(=O)O)cc(C)c1OC(C)C. The van der Waals surface area contributed by atoms with Crippen molar-refractivity contribution in [2.24, 2.45) is 0 Å². The molecule has 1 aromatic carbocycles. The van der Waals surface area contributed by atoms with Gasteiger partial charge in [0.15, 0.2) is 0 Å². The molecule has 0 amide bonds. The van der Waals surface area contributed by atoms with E-state index in [-0.39, 0.29) is 12.5 Å². The van der Waals surface area contributed by atoms with E-state index in [1.54, 1.807) is 0 Å². The van der Waals surface area contributed by atoms with E-state index < -0.39 is 5.97 Å². The van der Waals surface area contributed by atoms with E-state index in [4.69, 9.17) is 9.84 Å². The number of carboxylic acids is 1. The van der Waals surface area contributed by atoms with Crippen LogP contribution in [0, 0.1) is 13.8 Å². The van der Waals surface area contributed by atoms with Crippen LogP contribution in [-0.2, 0) is 11.2 Å². The molecule has 0 unspecified atom stereocenters. The van der Waals surface area contributed by atoms with E-state index in [1.807, 2.05) is 39.8 Å². The second kappa shape index (κ2) is 5.01. The number of hydrogen-bond acceptors (Lipinski definition) is 2. The molecular formula is C13H18O3. The molecule has 16 heavy (non-hydrogen) atoms. The van der Waals surface area contributed by atoms with Crippen molar-refractivity contribution < 1.29 is 14.6 Å². The van der Waals surface area contributed by atoms with Crippen LogP contribution in [0.4, 0.5) is 0 Å². The van der Waals surface area contributed by atoms with Crippen LogP contribution in [0.5, 0.6) is 5.75 Å². The van der Waals surface area contributed by atoms with E-state index in [0.29, 0.717) is 0 Å². The first-order valence-electron chi connectivity index (χ1n) is 5.38. The molecule has 0 saturated heterocycles. The lowest BCUT2D eigenvalue weighted by atomic mass is 10.0. The van der Waals surface area contributed by atoms with Crippen molar-refractivity contribution in [3.05, 3.63) is 28.8 Å². The average Bonchev–Trinajstić information content (AvgIpc) is 2.10. The van der Waals surface area contributed by atoms with Gasteiger partial charge in [0.25, 0.3) is 0 Å². The smallest absolute Gasteiger partial charge is 0.307 e. The number of aryl methyl sites for hydroxylation is 2. The second-order valence-corrected chi connectivity index (χ2v) is 4.30. The number of carboxylic acid groups (broad SMARTS) is 1. The van der Waals surface area contributed by atoms with Crippen molar-refractivity contribution in [2.75, 3.05) is 0 Å². The number of ether oxygens (including phenoxy) is 1. The minimum Gasteiger partial charge on any atom is -0.490 e. The van der Waals surface area contributed by atoms with Gasteiger partial charge in [-0.3, -0.25) is 4.79 Å². The van der Waals surface area contributed by atoms with Crippen molar-refractivity contribution in [3.8, 4) is 5.75 Å². The molecule has 3 nitrogen and oxygen atoms in total. The van der Waals surface area contributed by atoms with Gasteiger partial charge < -0.3 is 9.84 Å². The first-order chi connectivity index (χ1) is 7.40. The molecule has 0 spiro atoms. The standard InChI is InChI=1S/C13H18O3/c1-8(2)16-13-9(3)5-11(6-10(13)4)7-12(14)15/h5-6,8H,7H2,1-4H3,(H,14,15). The predicted molar refractivity (Wildman–Crippen MR) is 63.0 cm³/mol. The fourth-order valence-corrected chi connectivity index (χ4v) is 1.74. The molecule has 3 heteroatoms. The van der Waals surface area contributed by atoms with Crippen molar-refractivity contribution in [1.29, 1.82) is 0 Å². The molecule has 0 aliphatic rings. The van der Waals surface area contributed by atoms with Crippen LogP contribution in [0.15, 0.2) is 12.1 Å². The highest BCUT2D eigenvalue weighted by Crippen LogP contribution is 2.26. The van der Waals surface area contributed by atoms with Gasteiger partial charge in [0.1, 0.15) is 5.75 Å². The minimum absolute atomic E-state index is 0.0592.